The summed E-state index contributed by atoms with van der Waals surface area (Å²) in [6.45, 7) is 0. The fraction of sp³-hybridized carbons (Fsp3) is 0. The van der Waals surface area contributed by atoms with E-state index in [0.29, 0.717) is 5.02 Å². The van der Waals surface area contributed by atoms with Crippen LogP contribution in [0, 0.1) is 0 Å². The molecule has 0 aliphatic carbocycles. The molecule has 0 bridgehead atoms. The van der Waals surface area contributed by atoms with E-state index in [4.69, 9.17) is 16.7 Å². The van der Waals surface area contributed by atoms with E-state index in [0.717, 1.165) is 33.9 Å². The maximum atomic E-state index is 6.22. The summed E-state index contributed by atoms with van der Waals surface area (Å²) in [4.78, 5) is 0. The van der Waals surface area contributed by atoms with Gasteiger partial charge in [0, 0.05) is 17.3 Å². The second kappa shape index (κ2) is 7.41. The van der Waals surface area contributed by atoms with Gasteiger partial charge in [-0.2, -0.15) is 10.2 Å². The third-order valence-corrected chi connectivity index (χ3v) is 4.93. The molecule has 0 unspecified atom stereocenters. The fourth-order valence-corrected chi connectivity index (χ4v) is 3.59. The molecular formula is C24H17ClN4. The normalized spacial score (nSPS) is 10.9. The Hall–Kier alpha value is -3.63. The van der Waals surface area contributed by atoms with Crippen LogP contribution < -0.4 is 0 Å². The highest BCUT2D eigenvalue weighted by molar-refractivity contribution is 6.30. The van der Waals surface area contributed by atoms with E-state index >= 15 is 0 Å². The molecule has 2 aromatic heterocycles. The van der Waals surface area contributed by atoms with Gasteiger partial charge < -0.3 is 0 Å². The van der Waals surface area contributed by atoms with Crippen molar-refractivity contribution in [2.45, 2.75) is 0 Å². The highest BCUT2D eigenvalue weighted by atomic mass is 35.5. The summed E-state index contributed by atoms with van der Waals surface area (Å²) in [7, 11) is 0. The van der Waals surface area contributed by atoms with Crippen molar-refractivity contribution >= 4 is 11.6 Å². The number of benzene rings is 3. The lowest BCUT2D eigenvalue weighted by atomic mass is 10.1. The quantitative estimate of drug-likeness (QED) is 0.371. The third kappa shape index (κ3) is 3.24. The Labute approximate surface area is 173 Å². The molecule has 0 N–H and O–H groups in total. The molecule has 0 radical (unpaired) electrons. The molecule has 0 saturated heterocycles. The first kappa shape index (κ1) is 17.5. The van der Waals surface area contributed by atoms with Crippen LogP contribution in [-0.4, -0.2) is 19.6 Å². The molecule has 0 amide bonds. The zero-order chi connectivity index (χ0) is 19.6. The van der Waals surface area contributed by atoms with E-state index in [-0.39, 0.29) is 0 Å². The van der Waals surface area contributed by atoms with E-state index in [1.54, 1.807) is 10.9 Å². The van der Waals surface area contributed by atoms with Crippen LogP contribution in [0.3, 0.4) is 0 Å². The number of rotatable bonds is 4. The molecule has 5 heteroatoms. The molecule has 140 valence electrons. The highest BCUT2D eigenvalue weighted by Crippen LogP contribution is 2.37. The smallest absolute Gasteiger partial charge is 0.119 e. The lowest BCUT2D eigenvalue weighted by molar-refractivity contribution is 0.876. The van der Waals surface area contributed by atoms with E-state index in [2.05, 4.69) is 29.4 Å². The van der Waals surface area contributed by atoms with Crippen LogP contribution in [0.1, 0.15) is 0 Å². The summed E-state index contributed by atoms with van der Waals surface area (Å²) in [5.74, 6) is 0. The van der Waals surface area contributed by atoms with Crippen molar-refractivity contribution in [1.82, 2.24) is 19.6 Å². The number of nitrogens with zero attached hydrogens (tertiary/aromatic N) is 4. The minimum Gasteiger partial charge on any atom is -0.235 e. The van der Waals surface area contributed by atoms with Gasteiger partial charge in [0.1, 0.15) is 17.1 Å². The zero-order valence-electron chi connectivity index (χ0n) is 15.5. The van der Waals surface area contributed by atoms with Gasteiger partial charge in [0.2, 0.25) is 0 Å². The first-order valence-electron chi connectivity index (χ1n) is 9.31. The van der Waals surface area contributed by atoms with E-state index in [1.165, 1.54) is 0 Å². The molecule has 3 aromatic carbocycles. The Morgan fingerprint density at radius 3 is 1.86 bits per heavy atom. The van der Waals surface area contributed by atoms with Crippen molar-refractivity contribution in [3.63, 3.8) is 0 Å². The number of para-hydroxylation sites is 1. The minimum atomic E-state index is 0.579. The van der Waals surface area contributed by atoms with Crippen molar-refractivity contribution in [3.8, 4) is 33.9 Å². The molecular weight excluding hydrogens is 380 g/mol. The Bertz CT molecular complexity index is 1240. The van der Waals surface area contributed by atoms with Crippen LogP contribution in [0.4, 0.5) is 0 Å². The molecule has 0 aliphatic heterocycles. The highest BCUT2D eigenvalue weighted by Gasteiger charge is 2.23. The van der Waals surface area contributed by atoms with Crippen LogP contribution in [-0.2, 0) is 0 Å². The molecule has 0 atom stereocenters. The van der Waals surface area contributed by atoms with Gasteiger partial charge in [-0.1, -0.05) is 90.5 Å². The van der Waals surface area contributed by atoms with Crippen molar-refractivity contribution in [3.05, 3.63) is 108 Å². The van der Waals surface area contributed by atoms with E-state index in [1.807, 2.05) is 77.6 Å². The van der Waals surface area contributed by atoms with Crippen LogP contribution in [0.2, 0.25) is 5.02 Å². The van der Waals surface area contributed by atoms with Crippen molar-refractivity contribution in [1.29, 1.82) is 0 Å². The third-order valence-electron chi connectivity index (χ3n) is 4.74. The molecule has 5 rings (SSSR count). The van der Waals surface area contributed by atoms with Crippen molar-refractivity contribution < 1.29 is 0 Å². The van der Waals surface area contributed by atoms with Crippen LogP contribution in [0.5, 0.6) is 0 Å². The van der Waals surface area contributed by atoms with Gasteiger partial charge in [-0.25, -0.2) is 9.36 Å². The maximum Gasteiger partial charge on any atom is 0.119 e. The molecule has 0 aliphatic rings. The number of halogens is 1. The van der Waals surface area contributed by atoms with E-state index in [9.17, 15) is 0 Å². The SMILES string of the molecule is Clc1cnn(-c2c(-c3ccccc3)nn(-c3ccccc3)c2-c2ccccc2)c1. The van der Waals surface area contributed by atoms with Gasteiger partial charge in [0.05, 0.1) is 16.9 Å². The topological polar surface area (TPSA) is 35.6 Å². The van der Waals surface area contributed by atoms with Crippen LogP contribution >= 0.6 is 11.6 Å². The summed E-state index contributed by atoms with van der Waals surface area (Å²) < 4.78 is 3.78. The Kier molecular flexibility index (Phi) is 4.47. The van der Waals surface area contributed by atoms with Gasteiger partial charge >= 0.3 is 0 Å². The summed E-state index contributed by atoms with van der Waals surface area (Å²) in [5, 5.41) is 10.1. The van der Waals surface area contributed by atoms with Gasteiger partial charge in [-0.05, 0) is 12.1 Å². The van der Waals surface area contributed by atoms with Crippen molar-refractivity contribution in [2.24, 2.45) is 0 Å². The van der Waals surface area contributed by atoms with Gasteiger partial charge in [-0.3, -0.25) is 0 Å². The lowest BCUT2D eigenvalue weighted by Gasteiger charge is -2.10. The molecule has 0 fully saturated rings. The molecule has 5 aromatic rings. The average molecular weight is 397 g/mol. The second-order valence-electron chi connectivity index (χ2n) is 6.63. The van der Waals surface area contributed by atoms with E-state index < -0.39 is 0 Å². The predicted molar refractivity (Wildman–Crippen MR) is 117 cm³/mol. The standard InChI is InChI=1S/C24H17ClN4/c25-20-16-26-28(17-20)24-22(18-10-4-1-5-11-18)27-29(21-14-8-3-9-15-21)23(24)19-12-6-2-7-13-19/h1-17H. The molecule has 4 nitrogen and oxygen atoms in total. The van der Waals surface area contributed by atoms with Crippen LogP contribution in [0.25, 0.3) is 33.9 Å². The molecule has 29 heavy (non-hydrogen) atoms. The number of hydrogen-bond acceptors (Lipinski definition) is 2. The number of hydrogen-bond donors (Lipinski definition) is 0. The average Bonchev–Trinajstić information content (AvgIpc) is 3.39. The summed E-state index contributed by atoms with van der Waals surface area (Å²) in [6.07, 6.45) is 3.46. The predicted octanol–water partition coefficient (Wildman–Crippen LogP) is 6.05. The largest absolute Gasteiger partial charge is 0.235 e. The summed E-state index contributed by atoms with van der Waals surface area (Å²) in [5.41, 5.74) is 5.73. The Morgan fingerprint density at radius 2 is 1.28 bits per heavy atom. The summed E-state index contributed by atoms with van der Waals surface area (Å²) in [6, 6.07) is 30.5. The Balaban J connectivity index is 1.88. The lowest BCUT2D eigenvalue weighted by Crippen LogP contribution is -2.01. The first-order valence-corrected chi connectivity index (χ1v) is 9.69. The van der Waals surface area contributed by atoms with Crippen molar-refractivity contribution in [2.75, 3.05) is 0 Å². The molecule has 0 saturated carbocycles. The minimum absolute atomic E-state index is 0.579. The zero-order valence-corrected chi connectivity index (χ0v) is 16.2. The monoisotopic (exact) mass is 396 g/mol. The van der Waals surface area contributed by atoms with Crippen LogP contribution in [0.15, 0.2) is 103 Å². The second-order valence-corrected chi connectivity index (χ2v) is 7.06. The summed E-state index contributed by atoms with van der Waals surface area (Å²) >= 11 is 6.22. The molecule has 2 heterocycles. The van der Waals surface area contributed by atoms with Gasteiger partial charge in [-0.15, -0.1) is 0 Å². The maximum absolute atomic E-state index is 6.22. The van der Waals surface area contributed by atoms with Gasteiger partial charge in [0.25, 0.3) is 0 Å². The fourth-order valence-electron chi connectivity index (χ4n) is 3.45. The van der Waals surface area contributed by atoms with Gasteiger partial charge in [0.15, 0.2) is 0 Å². The number of aromatic nitrogens is 4. The first-order chi connectivity index (χ1) is 14.3. The Morgan fingerprint density at radius 1 is 0.690 bits per heavy atom. The molecule has 0 spiro atoms.